The van der Waals surface area contributed by atoms with Gasteiger partial charge in [0.2, 0.25) is 0 Å². The van der Waals surface area contributed by atoms with Crippen LogP contribution in [0, 0.1) is 6.92 Å². The Bertz CT molecular complexity index is 1970. The van der Waals surface area contributed by atoms with Gasteiger partial charge in [0.1, 0.15) is 0 Å². The highest BCUT2D eigenvalue weighted by Gasteiger charge is 2.39. The number of nitrogens with zero attached hydrogens (tertiary/aromatic N) is 1. The predicted octanol–water partition coefficient (Wildman–Crippen LogP) is 4.92. The number of allylic oxidation sites excluding steroid dienone is 6. The number of anilines is 1. The van der Waals surface area contributed by atoms with Gasteiger partial charge < -0.3 is 14.8 Å². The number of hydrogen-bond donors (Lipinski definition) is 4. The van der Waals surface area contributed by atoms with E-state index in [1.165, 1.54) is 31.4 Å². The SMILES string of the molecule is COCC\N=C(/C=C/C=C/C=C1/Nc2ccc(S(=O)(=O)O)cc2C1(C)CCOC)C(C)(CCCS(=O)(=O)O)c1cc(S(=O)(=O)O)ccc1C. The fraction of sp³-hybridized carbons (Fsp3) is 0.424. The fourth-order valence-corrected chi connectivity index (χ4v) is 7.40. The van der Waals surface area contributed by atoms with Crippen molar-refractivity contribution in [2.45, 2.75) is 60.7 Å². The molecule has 13 nitrogen and oxygen atoms in total. The van der Waals surface area contributed by atoms with Crippen molar-refractivity contribution in [3.63, 3.8) is 0 Å². The number of methoxy groups -OCH3 is 2. The smallest absolute Gasteiger partial charge is 0.294 e. The van der Waals surface area contributed by atoms with E-state index in [1.807, 2.05) is 13.0 Å². The third-order valence-corrected chi connectivity index (χ3v) is 11.1. The monoisotopic (exact) mass is 740 g/mol. The number of rotatable bonds is 17. The van der Waals surface area contributed by atoms with E-state index < -0.39 is 46.9 Å². The van der Waals surface area contributed by atoms with Crippen LogP contribution in [0.2, 0.25) is 0 Å². The van der Waals surface area contributed by atoms with Gasteiger partial charge in [0, 0.05) is 48.8 Å². The number of hydrogen-bond acceptors (Lipinski definition) is 10. The average molecular weight is 741 g/mol. The maximum atomic E-state index is 12.1. The molecule has 270 valence electrons. The zero-order valence-corrected chi connectivity index (χ0v) is 30.5. The van der Waals surface area contributed by atoms with Crippen LogP contribution in [0.4, 0.5) is 5.69 Å². The molecule has 0 aromatic heterocycles. The lowest BCUT2D eigenvalue weighted by Crippen LogP contribution is -2.34. The van der Waals surface area contributed by atoms with Crippen LogP contribution in [-0.4, -0.2) is 84.4 Å². The molecule has 2 aromatic rings. The minimum atomic E-state index is -4.56. The maximum Gasteiger partial charge on any atom is 0.294 e. The molecule has 0 saturated carbocycles. The normalized spacial score (nSPS) is 19.4. The van der Waals surface area contributed by atoms with E-state index in [0.29, 0.717) is 41.1 Å². The van der Waals surface area contributed by atoms with Gasteiger partial charge in [0.05, 0.1) is 28.7 Å². The Kier molecular flexibility index (Phi) is 13.3. The van der Waals surface area contributed by atoms with Crippen molar-refractivity contribution in [2.75, 3.05) is 45.0 Å². The summed E-state index contributed by atoms with van der Waals surface area (Å²) in [6.07, 6.45) is 9.46. The molecule has 0 spiro atoms. The molecular formula is C33H44N2O11S3. The van der Waals surface area contributed by atoms with Crippen molar-refractivity contribution in [3.05, 3.63) is 89.2 Å². The topological polar surface area (TPSA) is 206 Å². The number of aryl methyl sites for hydroxylation is 1. The van der Waals surface area contributed by atoms with Crippen LogP contribution < -0.4 is 5.32 Å². The molecule has 0 bridgehead atoms. The number of fused-ring (bicyclic) bond motifs is 1. The van der Waals surface area contributed by atoms with Gasteiger partial charge >= 0.3 is 0 Å². The Morgan fingerprint density at radius 2 is 1.55 bits per heavy atom. The van der Waals surface area contributed by atoms with Crippen LogP contribution in [0.3, 0.4) is 0 Å². The van der Waals surface area contributed by atoms with Gasteiger partial charge in [0.25, 0.3) is 30.4 Å². The molecule has 0 amide bonds. The summed E-state index contributed by atoms with van der Waals surface area (Å²) < 4.78 is 110. The molecule has 4 N–H and O–H groups in total. The molecule has 49 heavy (non-hydrogen) atoms. The Hall–Kier alpha value is -3.22. The second-order valence-electron chi connectivity index (χ2n) is 12.1. The second-order valence-corrected chi connectivity index (χ2v) is 16.6. The maximum absolute atomic E-state index is 12.1. The summed E-state index contributed by atoms with van der Waals surface area (Å²) in [7, 11) is -10.2. The van der Waals surface area contributed by atoms with Crippen molar-refractivity contribution in [2.24, 2.45) is 4.99 Å². The van der Waals surface area contributed by atoms with Gasteiger partial charge in [-0.05, 0) is 99.2 Å². The van der Waals surface area contributed by atoms with Crippen LogP contribution in [0.1, 0.15) is 49.8 Å². The van der Waals surface area contributed by atoms with Gasteiger partial charge in [-0.2, -0.15) is 25.3 Å². The van der Waals surface area contributed by atoms with E-state index in [2.05, 4.69) is 5.32 Å². The molecule has 16 heteroatoms. The zero-order chi connectivity index (χ0) is 36.7. The van der Waals surface area contributed by atoms with Crippen LogP contribution in [0.5, 0.6) is 0 Å². The van der Waals surface area contributed by atoms with Gasteiger partial charge in [-0.25, -0.2) is 0 Å². The number of nitrogens with one attached hydrogen (secondary N) is 1. The first-order valence-corrected chi connectivity index (χ1v) is 19.8. The van der Waals surface area contributed by atoms with Crippen LogP contribution in [0.15, 0.2) is 87.3 Å². The highest BCUT2D eigenvalue weighted by molar-refractivity contribution is 7.86. The molecular weight excluding hydrogens is 697 g/mol. The summed E-state index contributed by atoms with van der Waals surface area (Å²) in [6, 6.07) is 8.54. The third kappa shape index (κ3) is 10.4. The molecule has 2 aromatic carbocycles. The minimum absolute atomic E-state index is 0.0233. The third-order valence-electron chi connectivity index (χ3n) is 8.62. The molecule has 0 radical (unpaired) electrons. The van der Waals surface area contributed by atoms with Crippen molar-refractivity contribution in [3.8, 4) is 0 Å². The Balaban J connectivity index is 2.06. The number of benzene rings is 2. The van der Waals surface area contributed by atoms with Crippen molar-refractivity contribution >= 4 is 41.8 Å². The van der Waals surface area contributed by atoms with Crippen LogP contribution in [-0.2, 0) is 50.7 Å². The summed E-state index contributed by atoms with van der Waals surface area (Å²) in [5, 5.41) is 3.33. The summed E-state index contributed by atoms with van der Waals surface area (Å²) in [4.78, 5) is 4.19. The molecule has 1 aliphatic heterocycles. The Morgan fingerprint density at radius 3 is 2.16 bits per heavy atom. The van der Waals surface area contributed by atoms with E-state index >= 15 is 0 Å². The standard InChI is InChI=1S/C33H44N2O11S3/c1-24-12-13-25(48(39,40)41)22-27(24)32(2,16-9-21-47(36,37)38)30(34-18-20-46-5)10-7-6-8-11-31-33(3,17-19-45-4)28-23-26(49(42,43)44)14-15-29(28)35-31/h6-8,10-15,22-23,35H,9,16-21H2,1-5H3,(H,36,37,38)(H,39,40,41)(H,42,43,44)/b8-6+,10-7+,31-11+,34-30+. The lowest BCUT2D eigenvalue weighted by molar-refractivity contribution is 0.179. The van der Waals surface area contributed by atoms with Crippen molar-refractivity contribution < 1.29 is 48.4 Å². The van der Waals surface area contributed by atoms with Gasteiger partial charge in [-0.1, -0.05) is 24.3 Å². The Morgan fingerprint density at radius 1 is 0.918 bits per heavy atom. The minimum Gasteiger partial charge on any atom is -0.385 e. The molecule has 1 aliphatic rings. The first-order chi connectivity index (χ1) is 22.8. The first kappa shape index (κ1) is 40.2. The van der Waals surface area contributed by atoms with Crippen LogP contribution >= 0.6 is 0 Å². The van der Waals surface area contributed by atoms with E-state index in [0.717, 1.165) is 5.70 Å². The number of ether oxygens (including phenoxy) is 2. The van der Waals surface area contributed by atoms with E-state index in [9.17, 15) is 38.9 Å². The largest absolute Gasteiger partial charge is 0.385 e. The molecule has 2 atom stereocenters. The fourth-order valence-electron chi connectivity index (χ4n) is 5.87. The van der Waals surface area contributed by atoms with Gasteiger partial charge in [0.15, 0.2) is 0 Å². The molecule has 0 aliphatic carbocycles. The first-order valence-electron chi connectivity index (χ1n) is 15.3. The summed E-state index contributed by atoms with van der Waals surface area (Å²) in [5.41, 5.74) is 2.05. The lowest BCUT2D eigenvalue weighted by atomic mass is 9.72. The molecule has 0 saturated heterocycles. The highest BCUT2D eigenvalue weighted by Crippen LogP contribution is 2.46. The van der Waals surface area contributed by atoms with E-state index in [-0.39, 0.29) is 35.8 Å². The second kappa shape index (κ2) is 16.2. The predicted molar refractivity (Wildman–Crippen MR) is 188 cm³/mol. The summed E-state index contributed by atoms with van der Waals surface area (Å²) in [5.74, 6) is -0.523. The quantitative estimate of drug-likeness (QED) is 0.0739. The molecule has 3 rings (SSSR count). The van der Waals surface area contributed by atoms with Gasteiger partial charge in [-0.15, -0.1) is 0 Å². The summed E-state index contributed by atoms with van der Waals surface area (Å²) >= 11 is 0. The van der Waals surface area contributed by atoms with Crippen LogP contribution in [0.25, 0.3) is 0 Å². The molecule has 0 fully saturated rings. The molecule has 2 unspecified atom stereocenters. The lowest BCUT2D eigenvalue weighted by Gasteiger charge is -2.33. The average Bonchev–Trinajstić information content (AvgIpc) is 3.28. The molecule has 1 heterocycles. The van der Waals surface area contributed by atoms with Crippen molar-refractivity contribution in [1.82, 2.24) is 0 Å². The van der Waals surface area contributed by atoms with E-state index in [4.69, 9.17) is 14.5 Å². The highest BCUT2D eigenvalue weighted by atomic mass is 32.2. The Labute approximate surface area is 289 Å². The van der Waals surface area contributed by atoms with Gasteiger partial charge in [-0.3, -0.25) is 18.7 Å². The van der Waals surface area contributed by atoms with Crippen molar-refractivity contribution in [1.29, 1.82) is 0 Å². The van der Waals surface area contributed by atoms with E-state index in [1.54, 1.807) is 57.4 Å². The number of aliphatic imine (C=N–C) groups is 1. The summed E-state index contributed by atoms with van der Waals surface area (Å²) in [6.45, 7) is 6.38. The zero-order valence-electron chi connectivity index (χ0n) is 28.1.